The van der Waals surface area contributed by atoms with E-state index in [2.05, 4.69) is 24.6 Å². The van der Waals surface area contributed by atoms with Gasteiger partial charge in [0.05, 0.1) is 0 Å². The molecule has 0 amide bonds. The molecule has 0 aliphatic rings. The summed E-state index contributed by atoms with van der Waals surface area (Å²) in [6.45, 7) is 4.44. The molecule has 0 rings (SSSR count). The van der Waals surface area contributed by atoms with Crippen molar-refractivity contribution in [3.05, 3.63) is 0 Å². The van der Waals surface area contributed by atoms with Gasteiger partial charge in [0.1, 0.15) is 4.32 Å². The Kier molecular flexibility index (Phi) is 14.5. The van der Waals surface area contributed by atoms with Gasteiger partial charge in [-0.1, -0.05) is 82.8 Å². The standard InChI is InChI=1S/C15H32N2S2/c1-3-5-6-7-8-9-10-11-12-13-14-19(4-2)15(18)17-16/h14H,3-13,16H2,1-2H3,(H,17,18). The Hall–Kier alpha value is 0.0700. The van der Waals surface area contributed by atoms with Gasteiger partial charge in [0.2, 0.25) is 0 Å². The molecule has 0 radical (unpaired) electrons. The van der Waals surface area contributed by atoms with Gasteiger partial charge in [-0.15, -0.1) is 10.5 Å². The zero-order valence-electron chi connectivity index (χ0n) is 12.7. The smallest absolute Gasteiger partial charge is 0.142 e. The zero-order valence-corrected chi connectivity index (χ0v) is 14.4. The molecule has 0 aromatic carbocycles. The Morgan fingerprint density at radius 3 is 2.00 bits per heavy atom. The highest BCUT2D eigenvalue weighted by Crippen LogP contribution is 2.14. The Morgan fingerprint density at radius 2 is 1.53 bits per heavy atom. The number of nitrogens with one attached hydrogen (secondary N) is 1. The SMILES string of the molecule is CCCCCCCCCCC/C=S(\CC)C(=S)NN. The van der Waals surface area contributed by atoms with Crippen molar-refractivity contribution in [2.75, 3.05) is 5.75 Å². The van der Waals surface area contributed by atoms with Crippen molar-refractivity contribution in [3.63, 3.8) is 0 Å². The highest BCUT2D eigenvalue weighted by Gasteiger charge is 1.97. The first-order chi connectivity index (χ1) is 9.26. The second-order valence-electron chi connectivity index (χ2n) is 4.93. The molecule has 1 atom stereocenters. The van der Waals surface area contributed by atoms with E-state index < -0.39 is 0 Å². The zero-order chi connectivity index (χ0) is 14.3. The van der Waals surface area contributed by atoms with Crippen molar-refractivity contribution in [3.8, 4) is 0 Å². The first-order valence-corrected chi connectivity index (χ1v) is 9.66. The van der Waals surface area contributed by atoms with Gasteiger partial charge in [-0.05, 0) is 18.6 Å². The molecule has 0 aliphatic carbocycles. The highest BCUT2D eigenvalue weighted by molar-refractivity contribution is 8.34. The molecule has 0 bridgehead atoms. The normalized spacial score (nSPS) is 12.6. The van der Waals surface area contributed by atoms with Crippen LogP contribution in [-0.4, -0.2) is 15.4 Å². The molecule has 1 unspecified atom stereocenters. The van der Waals surface area contributed by atoms with Crippen molar-refractivity contribution in [1.29, 1.82) is 0 Å². The summed E-state index contributed by atoms with van der Waals surface area (Å²) in [5.74, 6) is 6.43. The number of hydrazine groups is 1. The summed E-state index contributed by atoms with van der Waals surface area (Å²) in [4.78, 5) is 0. The number of thiocarbonyl (C=S) groups is 1. The molecule has 0 spiro atoms. The van der Waals surface area contributed by atoms with E-state index in [9.17, 15) is 0 Å². The van der Waals surface area contributed by atoms with E-state index in [-0.39, 0.29) is 10.5 Å². The van der Waals surface area contributed by atoms with E-state index in [0.717, 1.165) is 10.1 Å². The number of hydrogen-bond donors (Lipinski definition) is 2. The molecule has 0 saturated carbocycles. The predicted octanol–water partition coefficient (Wildman–Crippen LogP) is 4.75. The van der Waals surface area contributed by atoms with E-state index in [1.807, 2.05) is 0 Å². The predicted molar refractivity (Wildman–Crippen MR) is 96.0 cm³/mol. The van der Waals surface area contributed by atoms with Crippen LogP contribution in [0.2, 0.25) is 0 Å². The molecule has 0 aromatic rings. The molecule has 0 saturated heterocycles. The summed E-state index contributed by atoms with van der Waals surface area (Å²) in [5, 5.41) is 2.35. The highest BCUT2D eigenvalue weighted by atomic mass is 32.2. The minimum absolute atomic E-state index is 0.0815. The molecular formula is C15H32N2S2. The summed E-state index contributed by atoms with van der Waals surface area (Å²) >= 11 is 5.19. The van der Waals surface area contributed by atoms with Crippen LogP contribution in [0.1, 0.15) is 78.1 Å². The van der Waals surface area contributed by atoms with Crippen LogP contribution in [0.3, 0.4) is 0 Å². The van der Waals surface area contributed by atoms with Crippen LogP contribution in [0.25, 0.3) is 0 Å². The number of nitrogens with two attached hydrogens (primary N) is 1. The molecular weight excluding hydrogens is 272 g/mol. The van der Waals surface area contributed by atoms with Crippen LogP contribution in [0.15, 0.2) is 0 Å². The van der Waals surface area contributed by atoms with Crippen molar-refractivity contribution in [2.24, 2.45) is 5.84 Å². The van der Waals surface area contributed by atoms with Crippen molar-refractivity contribution >= 4 is 32.4 Å². The van der Waals surface area contributed by atoms with Crippen LogP contribution in [-0.2, 0) is 0 Å². The monoisotopic (exact) mass is 304 g/mol. The van der Waals surface area contributed by atoms with Crippen molar-refractivity contribution in [1.82, 2.24) is 5.43 Å². The molecule has 19 heavy (non-hydrogen) atoms. The molecule has 0 fully saturated rings. The van der Waals surface area contributed by atoms with Crippen LogP contribution < -0.4 is 11.3 Å². The summed E-state index contributed by atoms with van der Waals surface area (Å²) in [6, 6.07) is 0. The van der Waals surface area contributed by atoms with Crippen LogP contribution in [0, 0.1) is 0 Å². The lowest BCUT2D eigenvalue weighted by molar-refractivity contribution is 0.569. The lowest BCUT2D eigenvalue weighted by Crippen LogP contribution is -2.27. The third-order valence-electron chi connectivity index (χ3n) is 3.29. The van der Waals surface area contributed by atoms with Gasteiger partial charge >= 0.3 is 0 Å². The maximum atomic E-state index is 5.36. The average molecular weight is 305 g/mol. The Labute approximate surface area is 127 Å². The fourth-order valence-corrected chi connectivity index (χ4v) is 3.89. The van der Waals surface area contributed by atoms with Crippen molar-refractivity contribution in [2.45, 2.75) is 78.1 Å². The average Bonchev–Trinajstić information content (AvgIpc) is 2.44. The lowest BCUT2D eigenvalue weighted by atomic mass is 10.1. The first-order valence-electron chi connectivity index (χ1n) is 7.79. The third kappa shape index (κ3) is 11.6. The molecule has 0 aromatic heterocycles. The van der Waals surface area contributed by atoms with Crippen LogP contribution in [0.4, 0.5) is 0 Å². The minimum Gasteiger partial charge on any atom is -0.310 e. The fourth-order valence-electron chi connectivity index (χ4n) is 2.08. The minimum atomic E-state index is 0.0815. The maximum absolute atomic E-state index is 5.36. The number of unbranched alkanes of at least 4 members (excludes halogenated alkanes) is 9. The van der Waals surface area contributed by atoms with E-state index in [0.29, 0.717) is 0 Å². The molecule has 0 heterocycles. The van der Waals surface area contributed by atoms with E-state index in [1.54, 1.807) is 0 Å². The fraction of sp³-hybridized carbons (Fsp3) is 0.867. The molecule has 2 nitrogen and oxygen atoms in total. The maximum Gasteiger partial charge on any atom is 0.142 e. The summed E-state index contributed by atoms with van der Waals surface area (Å²) in [7, 11) is 0.0815. The molecule has 0 aliphatic heterocycles. The molecule has 4 heteroatoms. The first kappa shape index (κ1) is 19.1. The summed E-state index contributed by atoms with van der Waals surface area (Å²) in [5.41, 5.74) is 2.61. The van der Waals surface area contributed by atoms with Crippen LogP contribution >= 0.6 is 22.7 Å². The van der Waals surface area contributed by atoms with E-state index in [4.69, 9.17) is 18.1 Å². The Morgan fingerprint density at radius 1 is 1.00 bits per heavy atom. The largest absolute Gasteiger partial charge is 0.310 e. The van der Waals surface area contributed by atoms with Gasteiger partial charge in [0.15, 0.2) is 0 Å². The summed E-state index contributed by atoms with van der Waals surface area (Å²) in [6.07, 6.45) is 13.6. The second-order valence-corrected chi connectivity index (χ2v) is 7.78. The second kappa shape index (κ2) is 14.5. The van der Waals surface area contributed by atoms with Gasteiger partial charge < -0.3 is 5.43 Å². The van der Waals surface area contributed by atoms with Gasteiger partial charge in [-0.25, -0.2) is 5.84 Å². The number of hydrogen-bond acceptors (Lipinski definition) is 2. The third-order valence-corrected chi connectivity index (χ3v) is 5.91. The summed E-state index contributed by atoms with van der Waals surface area (Å²) < 4.78 is 0.804. The van der Waals surface area contributed by atoms with Crippen molar-refractivity contribution < 1.29 is 0 Å². The van der Waals surface area contributed by atoms with Gasteiger partial charge in [0.25, 0.3) is 0 Å². The van der Waals surface area contributed by atoms with Gasteiger partial charge in [-0.3, -0.25) is 0 Å². The van der Waals surface area contributed by atoms with E-state index in [1.165, 1.54) is 64.2 Å². The topological polar surface area (TPSA) is 38.0 Å². The Balaban J connectivity index is 3.43. The molecule has 3 N–H and O–H groups in total. The molecule has 114 valence electrons. The Bertz CT molecular complexity index is 253. The van der Waals surface area contributed by atoms with Gasteiger partial charge in [0, 0.05) is 0 Å². The lowest BCUT2D eigenvalue weighted by Gasteiger charge is -2.07. The van der Waals surface area contributed by atoms with Gasteiger partial charge in [-0.2, -0.15) is 0 Å². The van der Waals surface area contributed by atoms with Crippen LogP contribution in [0.5, 0.6) is 0 Å². The van der Waals surface area contributed by atoms with E-state index >= 15 is 0 Å². The number of rotatable bonds is 11. The quantitative estimate of drug-likeness (QED) is 0.250.